The van der Waals surface area contributed by atoms with Crippen LogP contribution in [0.2, 0.25) is 0 Å². The Morgan fingerprint density at radius 1 is 0.696 bits per heavy atom. The normalized spacial score (nSPS) is 10.7. The highest BCUT2D eigenvalue weighted by atomic mass is 16.1. The molecule has 0 aromatic heterocycles. The van der Waals surface area contributed by atoms with Crippen LogP contribution in [0.25, 0.3) is 0 Å². The van der Waals surface area contributed by atoms with Crippen molar-refractivity contribution in [2.45, 2.75) is 110 Å². The monoisotopic (exact) mass is 323 g/mol. The molecule has 0 saturated carbocycles. The van der Waals surface area contributed by atoms with E-state index in [-0.39, 0.29) is 5.91 Å². The van der Waals surface area contributed by atoms with Gasteiger partial charge in [0.15, 0.2) is 0 Å². The summed E-state index contributed by atoms with van der Waals surface area (Å²) < 4.78 is 0. The maximum absolute atomic E-state index is 10.9. The van der Waals surface area contributed by atoms with Gasteiger partial charge in [-0.15, -0.1) is 0 Å². The topological polar surface area (TPSA) is 29.1 Å². The van der Waals surface area contributed by atoms with Crippen molar-refractivity contribution in [1.82, 2.24) is 5.32 Å². The minimum atomic E-state index is -0.0500. The molecule has 0 aliphatic heterocycles. The fraction of sp³-hybridized carbons (Fsp3) is 0.857. The second-order valence-electron chi connectivity index (χ2n) is 6.80. The molecule has 0 aliphatic carbocycles. The van der Waals surface area contributed by atoms with Gasteiger partial charge >= 0.3 is 0 Å². The summed E-state index contributed by atoms with van der Waals surface area (Å²) in [5, 5.41) is 2.82. The van der Waals surface area contributed by atoms with Crippen LogP contribution in [0.4, 0.5) is 0 Å². The van der Waals surface area contributed by atoms with E-state index in [0.29, 0.717) is 0 Å². The highest BCUT2D eigenvalue weighted by Gasteiger charge is 1.95. The molecule has 0 spiro atoms. The molecule has 0 aliphatic rings. The molecule has 136 valence electrons. The Hall–Kier alpha value is -0.790. The van der Waals surface area contributed by atoms with Crippen molar-refractivity contribution in [2.24, 2.45) is 0 Å². The standard InChI is InChI=1S/C21H41NO/c1-3-5-6-7-8-9-10-11-12-13-14-15-16-17-18-19-20-22-21(23)4-2/h4H,2-3,5-20H2,1H3,(H,22,23). The largest absolute Gasteiger partial charge is 0.353 e. The third-order valence-corrected chi connectivity index (χ3v) is 4.51. The molecule has 23 heavy (non-hydrogen) atoms. The molecular formula is C21H41NO. The molecule has 0 bridgehead atoms. The van der Waals surface area contributed by atoms with Crippen molar-refractivity contribution in [3.63, 3.8) is 0 Å². The average Bonchev–Trinajstić information content (AvgIpc) is 2.57. The second-order valence-corrected chi connectivity index (χ2v) is 6.80. The van der Waals surface area contributed by atoms with Crippen molar-refractivity contribution >= 4 is 5.91 Å². The van der Waals surface area contributed by atoms with Crippen LogP contribution < -0.4 is 5.32 Å². The highest BCUT2D eigenvalue weighted by molar-refractivity contribution is 5.86. The number of amides is 1. The van der Waals surface area contributed by atoms with E-state index in [1.807, 2.05) is 0 Å². The number of carbonyl (C=O) groups is 1. The van der Waals surface area contributed by atoms with E-state index in [0.717, 1.165) is 13.0 Å². The first kappa shape index (κ1) is 22.2. The summed E-state index contributed by atoms with van der Waals surface area (Å²) in [6.07, 6.45) is 23.4. The Labute approximate surface area is 145 Å². The minimum Gasteiger partial charge on any atom is -0.353 e. The first-order valence-corrected chi connectivity index (χ1v) is 10.2. The molecule has 0 rings (SSSR count). The number of hydrogen-bond donors (Lipinski definition) is 1. The van der Waals surface area contributed by atoms with E-state index in [4.69, 9.17) is 0 Å². The summed E-state index contributed by atoms with van der Waals surface area (Å²) in [5.74, 6) is -0.0500. The van der Waals surface area contributed by atoms with Crippen LogP contribution in [0.5, 0.6) is 0 Å². The number of hydrogen-bond acceptors (Lipinski definition) is 1. The third kappa shape index (κ3) is 19.2. The molecule has 1 amide bonds. The van der Waals surface area contributed by atoms with Crippen molar-refractivity contribution in [3.8, 4) is 0 Å². The Morgan fingerprint density at radius 2 is 1.04 bits per heavy atom. The highest BCUT2D eigenvalue weighted by Crippen LogP contribution is 2.13. The van der Waals surface area contributed by atoms with Gasteiger partial charge in [0.1, 0.15) is 0 Å². The smallest absolute Gasteiger partial charge is 0.243 e. The van der Waals surface area contributed by atoms with Crippen molar-refractivity contribution in [2.75, 3.05) is 6.54 Å². The van der Waals surface area contributed by atoms with Gasteiger partial charge in [0.25, 0.3) is 0 Å². The predicted octanol–water partition coefficient (Wildman–Crippen LogP) is 6.55. The molecule has 2 heteroatoms. The molecule has 0 unspecified atom stereocenters. The van der Waals surface area contributed by atoms with Gasteiger partial charge in [-0.3, -0.25) is 4.79 Å². The summed E-state index contributed by atoms with van der Waals surface area (Å²) >= 11 is 0. The average molecular weight is 324 g/mol. The van der Waals surface area contributed by atoms with Gasteiger partial charge in [-0.25, -0.2) is 0 Å². The maximum Gasteiger partial charge on any atom is 0.243 e. The third-order valence-electron chi connectivity index (χ3n) is 4.51. The van der Waals surface area contributed by atoms with Gasteiger partial charge < -0.3 is 5.32 Å². The lowest BCUT2D eigenvalue weighted by molar-refractivity contribution is -0.116. The zero-order chi connectivity index (χ0) is 17.0. The number of carbonyl (C=O) groups excluding carboxylic acids is 1. The Kier molecular flexibility index (Phi) is 18.6. The summed E-state index contributed by atoms with van der Waals surface area (Å²) in [6, 6.07) is 0. The van der Waals surface area contributed by atoms with E-state index >= 15 is 0 Å². The molecule has 0 aromatic rings. The second kappa shape index (κ2) is 19.3. The first-order chi connectivity index (χ1) is 11.3. The SMILES string of the molecule is C=CC(=O)NCCCCCCCCCCCCCCCCCC. The van der Waals surface area contributed by atoms with Gasteiger partial charge in [0.2, 0.25) is 5.91 Å². The van der Waals surface area contributed by atoms with Crippen LogP contribution in [0.1, 0.15) is 110 Å². The predicted molar refractivity (Wildman–Crippen MR) is 103 cm³/mol. The van der Waals surface area contributed by atoms with Crippen LogP contribution in [0.3, 0.4) is 0 Å². The summed E-state index contributed by atoms with van der Waals surface area (Å²) in [4.78, 5) is 10.9. The van der Waals surface area contributed by atoms with E-state index in [2.05, 4.69) is 18.8 Å². The lowest BCUT2D eigenvalue weighted by atomic mass is 10.0. The van der Waals surface area contributed by atoms with E-state index in [1.54, 1.807) is 0 Å². The van der Waals surface area contributed by atoms with Crippen LogP contribution in [0.15, 0.2) is 12.7 Å². The lowest BCUT2D eigenvalue weighted by Gasteiger charge is -2.04. The van der Waals surface area contributed by atoms with Crippen LogP contribution in [-0.2, 0) is 4.79 Å². The van der Waals surface area contributed by atoms with Crippen LogP contribution in [0, 0.1) is 0 Å². The van der Waals surface area contributed by atoms with Gasteiger partial charge in [-0.05, 0) is 12.5 Å². The molecule has 0 aromatic carbocycles. The molecule has 1 N–H and O–H groups in total. The molecule has 0 radical (unpaired) electrons. The Balaban J connectivity index is 3.00. The quantitative estimate of drug-likeness (QED) is 0.225. The zero-order valence-electron chi connectivity index (χ0n) is 15.7. The zero-order valence-corrected chi connectivity index (χ0v) is 15.7. The Morgan fingerprint density at radius 3 is 1.39 bits per heavy atom. The number of rotatable bonds is 18. The summed E-state index contributed by atoms with van der Waals surface area (Å²) in [7, 11) is 0. The van der Waals surface area contributed by atoms with Crippen molar-refractivity contribution in [1.29, 1.82) is 0 Å². The van der Waals surface area contributed by atoms with Gasteiger partial charge in [-0.1, -0.05) is 110 Å². The molecular weight excluding hydrogens is 282 g/mol. The molecule has 0 fully saturated rings. The van der Waals surface area contributed by atoms with E-state index in [9.17, 15) is 4.79 Å². The van der Waals surface area contributed by atoms with E-state index < -0.39 is 0 Å². The van der Waals surface area contributed by atoms with E-state index in [1.165, 1.54) is 102 Å². The van der Waals surface area contributed by atoms with Crippen LogP contribution in [-0.4, -0.2) is 12.5 Å². The molecule has 0 saturated heterocycles. The first-order valence-electron chi connectivity index (χ1n) is 10.2. The van der Waals surface area contributed by atoms with Gasteiger partial charge in [-0.2, -0.15) is 0 Å². The molecule has 2 nitrogen and oxygen atoms in total. The lowest BCUT2D eigenvalue weighted by Crippen LogP contribution is -2.21. The Bertz CT molecular complexity index is 263. The molecule has 0 atom stereocenters. The van der Waals surface area contributed by atoms with Gasteiger partial charge in [0, 0.05) is 6.54 Å². The number of nitrogens with one attached hydrogen (secondary N) is 1. The fourth-order valence-corrected chi connectivity index (χ4v) is 2.96. The van der Waals surface area contributed by atoms with Crippen molar-refractivity contribution in [3.05, 3.63) is 12.7 Å². The minimum absolute atomic E-state index is 0.0500. The summed E-state index contributed by atoms with van der Waals surface area (Å²) in [6.45, 7) is 6.52. The summed E-state index contributed by atoms with van der Waals surface area (Å²) in [5.41, 5.74) is 0. The fourth-order valence-electron chi connectivity index (χ4n) is 2.96. The van der Waals surface area contributed by atoms with Crippen molar-refractivity contribution < 1.29 is 4.79 Å². The van der Waals surface area contributed by atoms with Gasteiger partial charge in [0.05, 0.1) is 0 Å². The maximum atomic E-state index is 10.9. The molecule has 0 heterocycles. The van der Waals surface area contributed by atoms with Crippen LogP contribution >= 0.6 is 0 Å². The number of unbranched alkanes of at least 4 members (excludes halogenated alkanes) is 15.